The summed E-state index contributed by atoms with van der Waals surface area (Å²) in [4.78, 5) is 18.3. The quantitative estimate of drug-likeness (QED) is 0.761. The van der Waals surface area contributed by atoms with Gasteiger partial charge in [-0.2, -0.15) is 5.10 Å². The summed E-state index contributed by atoms with van der Waals surface area (Å²) >= 11 is 0. The van der Waals surface area contributed by atoms with Crippen LogP contribution in [0.25, 0.3) is 11.0 Å². The van der Waals surface area contributed by atoms with Crippen molar-refractivity contribution in [3.8, 4) is 0 Å². The predicted molar refractivity (Wildman–Crippen MR) is 112 cm³/mol. The van der Waals surface area contributed by atoms with Crippen molar-refractivity contribution < 1.29 is 0 Å². The van der Waals surface area contributed by atoms with Crippen LogP contribution in [0, 0.1) is 0 Å². The fourth-order valence-corrected chi connectivity index (χ4v) is 5.15. The Morgan fingerprint density at radius 2 is 1.89 bits per heavy atom. The molecule has 146 valence electrons. The van der Waals surface area contributed by atoms with E-state index in [2.05, 4.69) is 40.2 Å². The lowest BCUT2D eigenvalue weighted by Gasteiger charge is -2.32. The molecule has 0 saturated carbocycles. The summed E-state index contributed by atoms with van der Waals surface area (Å²) in [6.45, 7) is 3.18. The van der Waals surface area contributed by atoms with Gasteiger partial charge in [0, 0.05) is 37.0 Å². The van der Waals surface area contributed by atoms with Gasteiger partial charge in [0.1, 0.15) is 5.65 Å². The molecule has 1 N–H and O–H groups in total. The van der Waals surface area contributed by atoms with E-state index >= 15 is 0 Å². The van der Waals surface area contributed by atoms with Crippen molar-refractivity contribution in [3.63, 3.8) is 0 Å². The molecule has 0 spiro atoms. The molecule has 1 saturated heterocycles. The van der Waals surface area contributed by atoms with Crippen LogP contribution >= 0.6 is 0 Å². The molecular weight excluding hydrogens is 348 g/mol. The number of pyridine rings is 1. The number of benzene rings is 1. The number of aromatic nitrogens is 3. The molecule has 5 rings (SSSR count). The van der Waals surface area contributed by atoms with Crippen LogP contribution in [-0.4, -0.2) is 32.8 Å². The number of fused-ring (bicyclic) bond motifs is 3. The molecule has 0 amide bonds. The van der Waals surface area contributed by atoms with Crippen molar-refractivity contribution in [1.82, 2.24) is 19.7 Å². The summed E-state index contributed by atoms with van der Waals surface area (Å²) in [5, 5.41) is 6.16. The van der Waals surface area contributed by atoms with Gasteiger partial charge in [0.05, 0.1) is 5.69 Å². The summed E-state index contributed by atoms with van der Waals surface area (Å²) in [7, 11) is 1.96. The first-order valence-electron chi connectivity index (χ1n) is 10.6. The van der Waals surface area contributed by atoms with Crippen LogP contribution in [0.1, 0.15) is 54.0 Å². The number of piperidine rings is 1. The monoisotopic (exact) mass is 376 g/mol. The number of H-pyrrole nitrogens is 1. The lowest BCUT2D eigenvalue weighted by molar-refractivity contribution is 0.198. The second kappa shape index (κ2) is 7.21. The third kappa shape index (κ3) is 3.08. The van der Waals surface area contributed by atoms with Gasteiger partial charge >= 0.3 is 0 Å². The standard InChI is InChI=1S/C23H28N4O/c1-26-22-20(18-11-5-6-12-19(18)23(28)24-22)21(25-26)17-10-7-13-27(15-17)14-16-8-3-2-4-9-16/h2-4,8-9,17H,5-7,10-15H2,1H3,(H,24,28). The fourth-order valence-electron chi connectivity index (χ4n) is 5.15. The van der Waals surface area contributed by atoms with Gasteiger partial charge in [-0.3, -0.25) is 14.4 Å². The van der Waals surface area contributed by atoms with E-state index in [9.17, 15) is 4.79 Å². The minimum Gasteiger partial charge on any atom is -0.307 e. The van der Waals surface area contributed by atoms with Gasteiger partial charge in [-0.05, 0) is 56.2 Å². The number of rotatable bonds is 3. The Kier molecular flexibility index (Phi) is 4.55. The van der Waals surface area contributed by atoms with Crippen LogP contribution in [0.2, 0.25) is 0 Å². The number of likely N-dealkylation sites (tertiary alicyclic amines) is 1. The summed E-state index contributed by atoms with van der Waals surface area (Å²) in [6.07, 6.45) is 6.57. The molecule has 28 heavy (non-hydrogen) atoms. The fraction of sp³-hybridized carbons (Fsp3) is 0.478. The zero-order valence-electron chi connectivity index (χ0n) is 16.6. The van der Waals surface area contributed by atoms with Crippen molar-refractivity contribution in [1.29, 1.82) is 0 Å². The normalized spacial score (nSPS) is 20.4. The molecule has 1 atom stereocenters. The maximum atomic E-state index is 12.6. The van der Waals surface area contributed by atoms with E-state index in [1.807, 2.05) is 11.7 Å². The molecule has 1 fully saturated rings. The van der Waals surface area contributed by atoms with Crippen LogP contribution in [0.15, 0.2) is 35.1 Å². The molecule has 0 radical (unpaired) electrons. The van der Waals surface area contributed by atoms with Gasteiger partial charge in [0.25, 0.3) is 5.56 Å². The molecular formula is C23H28N4O. The Bertz CT molecular complexity index is 1050. The maximum absolute atomic E-state index is 12.6. The summed E-state index contributed by atoms with van der Waals surface area (Å²) in [5.74, 6) is 0.429. The first-order valence-corrected chi connectivity index (χ1v) is 10.6. The average molecular weight is 377 g/mol. The van der Waals surface area contributed by atoms with Crippen LogP contribution in [0.3, 0.4) is 0 Å². The highest BCUT2D eigenvalue weighted by molar-refractivity contribution is 5.84. The summed E-state index contributed by atoms with van der Waals surface area (Å²) < 4.78 is 1.89. The van der Waals surface area contributed by atoms with Gasteiger partial charge in [-0.1, -0.05) is 30.3 Å². The predicted octanol–water partition coefficient (Wildman–Crippen LogP) is 3.52. The number of nitrogens with one attached hydrogen (secondary N) is 1. The number of aromatic amines is 1. The molecule has 1 unspecified atom stereocenters. The first-order chi connectivity index (χ1) is 13.7. The Hall–Kier alpha value is -2.40. The highest BCUT2D eigenvalue weighted by Crippen LogP contribution is 2.35. The molecule has 2 aliphatic rings. The molecule has 1 aromatic carbocycles. The lowest BCUT2D eigenvalue weighted by Crippen LogP contribution is -2.34. The van der Waals surface area contributed by atoms with Crippen LogP contribution in [0.5, 0.6) is 0 Å². The molecule has 2 aromatic heterocycles. The highest BCUT2D eigenvalue weighted by Gasteiger charge is 2.29. The third-order valence-corrected chi connectivity index (χ3v) is 6.49. The summed E-state index contributed by atoms with van der Waals surface area (Å²) in [6, 6.07) is 10.7. The SMILES string of the molecule is Cn1nc(C2CCCN(Cc3ccccc3)C2)c2c3c(c(=O)[nH]c21)CCCC3. The van der Waals surface area contributed by atoms with Gasteiger partial charge < -0.3 is 4.98 Å². The van der Waals surface area contributed by atoms with Crippen LogP contribution < -0.4 is 5.56 Å². The van der Waals surface area contributed by atoms with Crippen LogP contribution in [0.4, 0.5) is 0 Å². The van der Waals surface area contributed by atoms with E-state index in [-0.39, 0.29) is 5.56 Å². The molecule has 5 nitrogen and oxygen atoms in total. The number of hydrogen-bond acceptors (Lipinski definition) is 3. The number of nitrogens with zero attached hydrogens (tertiary/aromatic N) is 3. The minimum absolute atomic E-state index is 0.0890. The maximum Gasteiger partial charge on any atom is 0.253 e. The Labute approximate surface area is 165 Å². The zero-order chi connectivity index (χ0) is 19.1. The van der Waals surface area contributed by atoms with E-state index in [4.69, 9.17) is 5.10 Å². The zero-order valence-corrected chi connectivity index (χ0v) is 16.6. The molecule has 3 aromatic rings. The Morgan fingerprint density at radius 1 is 1.11 bits per heavy atom. The molecule has 1 aliphatic heterocycles. The van der Waals surface area contributed by atoms with E-state index in [0.717, 1.165) is 50.1 Å². The van der Waals surface area contributed by atoms with E-state index in [1.54, 1.807) is 0 Å². The smallest absolute Gasteiger partial charge is 0.253 e. The topological polar surface area (TPSA) is 53.9 Å². The number of hydrogen-bond donors (Lipinski definition) is 1. The van der Waals surface area contributed by atoms with Crippen molar-refractivity contribution >= 4 is 11.0 Å². The summed E-state index contributed by atoms with van der Waals surface area (Å²) in [5.41, 5.74) is 5.84. The average Bonchev–Trinajstić information content (AvgIpc) is 3.06. The molecule has 1 aliphatic carbocycles. The minimum atomic E-state index is 0.0890. The lowest BCUT2D eigenvalue weighted by atomic mass is 9.86. The Balaban J connectivity index is 1.51. The van der Waals surface area contributed by atoms with Crippen molar-refractivity contribution in [2.75, 3.05) is 13.1 Å². The second-order valence-corrected chi connectivity index (χ2v) is 8.41. The van der Waals surface area contributed by atoms with E-state index < -0.39 is 0 Å². The van der Waals surface area contributed by atoms with E-state index in [0.29, 0.717) is 5.92 Å². The Morgan fingerprint density at radius 3 is 2.71 bits per heavy atom. The van der Waals surface area contributed by atoms with Crippen molar-refractivity contribution in [2.24, 2.45) is 7.05 Å². The second-order valence-electron chi connectivity index (χ2n) is 8.41. The van der Waals surface area contributed by atoms with Gasteiger partial charge in [0.15, 0.2) is 0 Å². The largest absolute Gasteiger partial charge is 0.307 e. The molecule has 5 heteroatoms. The highest BCUT2D eigenvalue weighted by atomic mass is 16.1. The van der Waals surface area contributed by atoms with Gasteiger partial charge in [0.2, 0.25) is 0 Å². The van der Waals surface area contributed by atoms with Crippen LogP contribution in [-0.2, 0) is 26.4 Å². The van der Waals surface area contributed by atoms with Gasteiger partial charge in [-0.15, -0.1) is 0 Å². The third-order valence-electron chi connectivity index (χ3n) is 6.49. The number of aryl methyl sites for hydroxylation is 2. The van der Waals surface area contributed by atoms with E-state index in [1.165, 1.54) is 41.5 Å². The molecule has 0 bridgehead atoms. The van der Waals surface area contributed by atoms with Crippen molar-refractivity contribution in [2.45, 2.75) is 51.0 Å². The first kappa shape index (κ1) is 17.7. The van der Waals surface area contributed by atoms with Crippen molar-refractivity contribution in [3.05, 3.63) is 63.1 Å². The molecule has 3 heterocycles. The van der Waals surface area contributed by atoms with Gasteiger partial charge in [-0.25, -0.2) is 0 Å².